The summed E-state index contributed by atoms with van der Waals surface area (Å²) in [5.74, 6) is -1.32. The molecule has 1 amide bonds. The number of benzene rings is 2. The number of hydrogen-bond acceptors (Lipinski definition) is 8. The van der Waals surface area contributed by atoms with Crippen LogP contribution in [0.25, 0.3) is 11.3 Å². The van der Waals surface area contributed by atoms with E-state index in [0.717, 1.165) is 31.5 Å². The van der Waals surface area contributed by atoms with Crippen LogP contribution in [0.4, 0.5) is 19.0 Å². The van der Waals surface area contributed by atoms with Gasteiger partial charge >= 0.3 is 6.36 Å². The Morgan fingerprint density at radius 3 is 2.71 bits per heavy atom. The van der Waals surface area contributed by atoms with Crippen molar-refractivity contribution < 1.29 is 31.1 Å². The van der Waals surface area contributed by atoms with Gasteiger partial charge in [-0.25, -0.2) is 23.1 Å². The molecule has 0 radical (unpaired) electrons. The van der Waals surface area contributed by atoms with Crippen LogP contribution in [0.15, 0.2) is 59.6 Å². The predicted molar refractivity (Wildman–Crippen MR) is 132 cm³/mol. The molecule has 1 unspecified atom stereocenters. The first-order valence-corrected chi connectivity index (χ1v) is 13.1. The first-order valence-electron chi connectivity index (χ1n) is 11.6. The number of nitrogen functional groups attached to an aromatic ring is 1. The van der Waals surface area contributed by atoms with Crippen LogP contribution in [-0.4, -0.2) is 49.8 Å². The lowest BCUT2D eigenvalue weighted by Gasteiger charge is -2.23. The SMILES string of the molecule is Nc1ncc(-c2cccc(CNS(=O)(=O)c3ccccc3OC(F)(F)F)c2)nc1C(=O)NC1CCCNC1. The van der Waals surface area contributed by atoms with Gasteiger partial charge in [0.1, 0.15) is 10.6 Å². The van der Waals surface area contributed by atoms with E-state index in [4.69, 9.17) is 5.73 Å². The van der Waals surface area contributed by atoms with Crippen molar-refractivity contribution in [2.75, 3.05) is 18.8 Å². The van der Waals surface area contributed by atoms with Crippen LogP contribution in [0.1, 0.15) is 28.9 Å². The van der Waals surface area contributed by atoms with Gasteiger partial charge < -0.3 is 21.1 Å². The molecular weight excluding hydrogens is 525 g/mol. The Kier molecular flexibility index (Phi) is 8.14. The Morgan fingerprint density at radius 1 is 1.18 bits per heavy atom. The molecule has 3 aromatic rings. The van der Waals surface area contributed by atoms with Gasteiger partial charge in [0.05, 0.1) is 11.9 Å². The Hall–Kier alpha value is -3.75. The van der Waals surface area contributed by atoms with Crippen molar-refractivity contribution in [3.8, 4) is 17.0 Å². The minimum absolute atomic E-state index is 0.0274. The molecule has 1 atom stereocenters. The van der Waals surface area contributed by atoms with Crippen molar-refractivity contribution in [1.29, 1.82) is 0 Å². The van der Waals surface area contributed by atoms with E-state index < -0.39 is 32.9 Å². The quantitative estimate of drug-likeness (QED) is 0.335. The summed E-state index contributed by atoms with van der Waals surface area (Å²) in [6.07, 6.45) is -1.90. The van der Waals surface area contributed by atoms with Crippen LogP contribution in [-0.2, 0) is 16.6 Å². The lowest BCUT2D eigenvalue weighted by molar-refractivity contribution is -0.275. The Morgan fingerprint density at radius 2 is 1.97 bits per heavy atom. The predicted octanol–water partition coefficient (Wildman–Crippen LogP) is 2.58. The van der Waals surface area contributed by atoms with Gasteiger partial charge in [0.15, 0.2) is 11.5 Å². The molecule has 1 fully saturated rings. The zero-order chi connectivity index (χ0) is 27.3. The molecule has 1 aliphatic rings. The summed E-state index contributed by atoms with van der Waals surface area (Å²) in [5, 5.41) is 6.10. The number of hydrogen-bond donors (Lipinski definition) is 4. The molecular formula is C24H25F3N6O4S. The average Bonchev–Trinajstić information content (AvgIpc) is 2.88. The molecule has 0 bridgehead atoms. The highest BCUT2D eigenvalue weighted by Gasteiger charge is 2.34. The Balaban J connectivity index is 1.50. The molecule has 1 aromatic heterocycles. The molecule has 38 heavy (non-hydrogen) atoms. The van der Waals surface area contributed by atoms with Crippen molar-refractivity contribution in [2.45, 2.75) is 36.7 Å². The lowest BCUT2D eigenvalue weighted by Crippen LogP contribution is -2.46. The van der Waals surface area contributed by atoms with Crippen LogP contribution >= 0.6 is 0 Å². The number of aromatic nitrogens is 2. The van der Waals surface area contributed by atoms with Crippen molar-refractivity contribution >= 4 is 21.7 Å². The fraction of sp³-hybridized carbons (Fsp3) is 0.292. The molecule has 4 rings (SSSR count). The van der Waals surface area contributed by atoms with Crippen LogP contribution in [0.3, 0.4) is 0 Å². The van der Waals surface area contributed by atoms with E-state index in [-0.39, 0.29) is 24.1 Å². The van der Waals surface area contributed by atoms with Gasteiger partial charge in [0.2, 0.25) is 10.0 Å². The number of alkyl halides is 3. The van der Waals surface area contributed by atoms with Crippen LogP contribution in [0.2, 0.25) is 0 Å². The summed E-state index contributed by atoms with van der Waals surface area (Å²) in [6.45, 7) is 1.30. The lowest BCUT2D eigenvalue weighted by atomic mass is 10.1. The fourth-order valence-electron chi connectivity index (χ4n) is 3.91. The number of sulfonamides is 1. The Labute approximate surface area is 216 Å². The van der Waals surface area contributed by atoms with Crippen LogP contribution < -0.4 is 25.8 Å². The summed E-state index contributed by atoms with van der Waals surface area (Å²) in [4.78, 5) is 20.6. The summed E-state index contributed by atoms with van der Waals surface area (Å²) < 4.78 is 69.7. The number of nitrogens with two attached hydrogens (primary N) is 1. The smallest absolute Gasteiger partial charge is 0.404 e. The number of carbonyl (C=O) groups excluding carboxylic acids is 1. The molecule has 5 N–H and O–H groups in total. The van der Waals surface area contributed by atoms with Gasteiger partial charge in [-0.1, -0.05) is 30.3 Å². The standard InChI is InChI=1S/C24H25F3N6O4S/c25-24(26,27)37-19-8-1-2-9-20(19)38(35,36)31-12-15-5-3-6-16(11-15)18-14-30-22(28)21(33-18)23(34)32-17-7-4-10-29-13-17/h1-3,5-6,8-9,11,14,17,29,31H,4,7,10,12-13H2,(H2,28,30)(H,32,34). The first-order chi connectivity index (χ1) is 18.0. The fourth-order valence-corrected chi connectivity index (χ4v) is 5.06. The van der Waals surface area contributed by atoms with Gasteiger partial charge in [-0.05, 0) is 43.1 Å². The van der Waals surface area contributed by atoms with Gasteiger partial charge in [-0.2, -0.15) is 0 Å². The number of anilines is 1. The summed E-state index contributed by atoms with van der Waals surface area (Å²) in [7, 11) is -4.35. The highest BCUT2D eigenvalue weighted by atomic mass is 32.2. The molecule has 1 aliphatic heterocycles. The van der Waals surface area contributed by atoms with Gasteiger partial charge in [-0.15, -0.1) is 13.2 Å². The van der Waals surface area contributed by atoms with Crippen molar-refractivity contribution in [1.82, 2.24) is 25.3 Å². The van der Waals surface area contributed by atoms with Crippen molar-refractivity contribution in [3.05, 3.63) is 66.0 Å². The van der Waals surface area contributed by atoms with E-state index in [1.54, 1.807) is 24.3 Å². The highest BCUT2D eigenvalue weighted by molar-refractivity contribution is 7.89. The van der Waals surface area contributed by atoms with E-state index in [1.165, 1.54) is 18.3 Å². The number of nitrogens with zero attached hydrogens (tertiary/aromatic N) is 2. The largest absolute Gasteiger partial charge is 0.573 e. The number of piperidine rings is 1. The van der Waals surface area contributed by atoms with Crippen LogP contribution in [0, 0.1) is 0 Å². The number of ether oxygens (including phenoxy) is 1. The minimum Gasteiger partial charge on any atom is -0.404 e. The van der Waals surface area contributed by atoms with Crippen LogP contribution in [0.5, 0.6) is 5.75 Å². The third kappa shape index (κ3) is 6.96. The molecule has 0 aliphatic carbocycles. The molecule has 10 nitrogen and oxygen atoms in total. The number of carbonyl (C=O) groups is 1. The van der Waals surface area contributed by atoms with Gasteiger partial charge in [0.25, 0.3) is 5.91 Å². The topological polar surface area (TPSA) is 148 Å². The summed E-state index contributed by atoms with van der Waals surface area (Å²) in [6, 6.07) is 11.0. The third-order valence-corrected chi connectivity index (χ3v) is 7.14. The number of rotatable bonds is 8. The maximum absolute atomic E-state index is 12.8. The second-order valence-corrected chi connectivity index (χ2v) is 10.3. The molecule has 0 spiro atoms. The average molecular weight is 551 g/mol. The van der Waals surface area contributed by atoms with Crippen molar-refractivity contribution in [3.63, 3.8) is 0 Å². The normalized spacial score (nSPS) is 16.1. The summed E-state index contributed by atoms with van der Waals surface area (Å²) >= 11 is 0. The molecule has 0 saturated carbocycles. The maximum atomic E-state index is 12.8. The van der Waals surface area contributed by atoms with Gasteiger partial charge in [-0.3, -0.25) is 4.79 Å². The second kappa shape index (κ2) is 11.3. The molecule has 202 valence electrons. The highest BCUT2D eigenvalue weighted by Crippen LogP contribution is 2.29. The third-order valence-electron chi connectivity index (χ3n) is 5.70. The van der Waals surface area contributed by atoms with E-state index in [0.29, 0.717) is 23.4 Å². The zero-order valence-corrected chi connectivity index (χ0v) is 20.8. The first kappa shape index (κ1) is 27.3. The number of nitrogens with one attached hydrogen (secondary N) is 3. The summed E-state index contributed by atoms with van der Waals surface area (Å²) in [5.41, 5.74) is 7.22. The number of halogens is 3. The van der Waals surface area contributed by atoms with E-state index in [2.05, 4.69) is 30.1 Å². The number of amides is 1. The molecule has 1 saturated heterocycles. The zero-order valence-electron chi connectivity index (χ0n) is 20.0. The van der Waals surface area contributed by atoms with E-state index >= 15 is 0 Å². The Bertz CT molecular complexity index is 1410. The van der Waals surface area contributed by atoms with Gasteiger partial charge in [0, 0.05) is 24.7 Å². The number of para-hydroxylation sites is 1. The minimum atomic E-state index is -5.05. The monoisotopic (exact) mass is 550 g/mol. The van der Waals surface area contributed by atoms with E-state index in [1.807, 2.05) is 0 Å². The molecule has 2 heterocycles. The molecule has 2 aromatic carbocycles. The maximum Gasteiger partial charge on any atom is 0.573 e. The molecule has 14 heteroatoms. The van der Waals surface area contributed by atoms with E-state index in [9.17, 15) is 26.4 Å². The second-order valence-electron chi connectivity index (χ2n) is 8.53. The van der Waals surface area contributed by atoms with Crippen molar-refractivity contribution in [2.24, 2.45) is 0 Å².